The molecule has 0 bridgehead atoms. The number of hydrogen-bond acceptors (Lipinski definition) is 7. The van der Waals surface area contributed by atoms with E-state index < -0.39 is 17.1 Å². The van der Waals surface area contributed by atoms with Gasteiger partial charge in [-0.15, -0.1) is 0 Å². The monoisotopic (exact) mass is 433 g/mol. The fraction of sp³-hybridized carbons (Fsp3) is 0.0455. The van der Waals surface area contributed by atoms with Crippen LogP contribution in [0, 0.1) is 0 Å². The smallest absolute Gasteiger partial charge is 0.337 e. The van der Waals surface area contributed by atoms with E-state index in [1.54, 1.807) is 49.4 Å². The molecule has 0 atom stereocenters. The van der Waals surface area contributed by atoms with Crippen molar-refractivity contribution in [3.05, 3.63) is 76.7 Å². The maximum Gasteiger partial charge on any atom is 0.337 e. The Balaban J connectivity index is 1.46. The van der Waals surface area contributed by atoms with Crippen LogP contribution in [0.25, 0.3) is 6.08 Å². The molecule has 2 aliphatic rings. The summed E-state index contributed by atoms with van der Waals surface area (Å²) in [4.78, 5) is 47.3. The number of carbonyl (C=O) groups excluding carboxylic acids is 4. The van der Waals surface area contributed by atoms with Crippen LogP contribution in [-0.2, 0) is 14.4 Å². The Morgan fingerprint density at radius 1 is 1.06 bits per heavy atom. The maximum atomic E-state index is 12.8. The van der Waals surface area contributed by atoms with Crippen LogP contribution < -0.4 is 15.1 Å². The van der Waals surface area contributed by atoms with Crippen LogP contribution in [0.4, 0.5) is 10.5 Å². The number of esters is 1. The number of amides is 3. The van der Waals surface area contributed by atoms with Crippen LogP contribution in [0.2, 0.25) is 0 Å². The molecule has 0 aliphatic carbocycles. The van der Waals surface area contributed by atoms with E-state index in [2.05, 4.69) is 10.4 Å². The van der Waals surface area contributed by atoms with Crippen molar-refractivity contribution in [2.75, 3.05) is 5.01 Å². The molecule has 3 amide bonds. The van der Waals surface area contributed by atoms with Gasteiger partial charge >= 0.3 is 5.97 Å². The predicted octanol–water partition coefficient (Wildman–Crippen LogP) is 3.27. The van der Waals surface area contributed by atoms with Crippen molar-refractivity contribution >= 4 is 52.3 Å². The molecule has 9 heteroatoms. The Hall–Kier alpha value is -3.98. The first kappa shape index (κ1) is 20.3. The van der Waals surface area contributed by atoms with Gasteiger partial charge in [0.1, 0.15) is 5.75 Å². The highest BCUT2D eigenvalue weighted by Crippen LogP contribution is 2.26. The van der Waals surface area contributed by atoms with Gasteiger partial charge in [0.25, 0.3) is 17.1 Å². The minimum Gasteiger partial charge on any atom is -0.423 e. The van der Waals surface area contributed by atoms with E-state index in [0.717, 1.165) is 11.6 Å². The van der Waals surface area contributed by atoms with Gasteiger partial charge in [-0.25, -0.2) is 4.79 Å². The summed E-state index contributed by atoms with van der Waals surface area (Å²) in [6, 6.07) is 15.7. The molecule has 0 spiro atoms. The van der Waals surface area contributed by atoms with E-state index in [0.29, 0.717) is 28.7 Å². The number of anilines is 1. The van der Waals surface area contributed by atoms with E-state index in [9.17, 15) is 19.2 Å². The quantitative estimate of drug-likeness (QED) is 0.451. The molecule has 31 heavy (non-hydrogen) atoms. The van der Waals surface area contributed by atoms with E-state index >= 15 is 0 Å². The van der Waals surface area contributed by atoms with Crippen molar-refractivity contribution in [1.82, 2.24) is 5.32 Å². The maximum absolute atomic E-state index is 12.8. The molecule has 2 aromatic rings. The van der Waals surface area contributed by atoms with Crippen molar-refractivity contribution in [1.29, 1.82) is 0 Å². The number of imide groups is 1. The van der Waals surface area contributed by atoms with Crippen LogP contribution in [0.5, 0.6) is 5.75 Å². The molecule has 0 aromatic heterocycles. The van der Waals surface area contributed by atoms with Crippen LogP contribution >= 0.6 is 11.8 Å². The van der Waals surface area contributed by atoms with E-state index in [4.69, 9.17) is 4.74 Å². The van der Waals surface area contributed by atoms with Gasteiger partial charge < -0.3 is 4.74 Å². The molecule has 1 saturated heterocycles. The first-order chi connectivity index (χ1) is 14.9. The second kappa shape index (κ2) is 8.41. The number of benzene rings is 2. The molecular weight excluding hydrogens is 418 g/mol. The van der Waals surface area contributed by atoms with Gasteiger partial charge in [-0.2, -0.15) is 10.1 Å². The number of nitrogens with one attached hydrogen (secondary N) is 1. The van der Waals surface area contributed by atoms with Gasteiger partial charge in [-0.3, -0.25) is 19.7 Å². The molecule has 154 valence electrons. The second-order valence-corrected chi connectivity index (χ2v) is 7.55. The topological polar surface area (TPSA) is 105 Å². The van der Waals surface area contributed by atoms with Gasteiger partial charge in [0.05, 0.1) is 21.9 Å². The molecule has 2 aromatic carbocycles. The Morgan fingerprint density at radius 2 is 1.77 bits per heavy atom. The summed E-state index contributed by atoms with van der Waals surface area (Å²) < 4.78 is 5.16. The van der Waals surface area contributed by atoms with Crippen molar-refractivity contribution < 1.29 is 23.9 Å². The largest absolute Gasteiger partial charge is 0.423 e. The average Bonchev–Trinajstić information content (AvgIpc) is 3.21. The van der Waals surface area contributed by atoms with E-state index in [1.165, 1.54) is 5.01 Å². The Labute approximate surface area is 181 Å². The highest BCUT2D eigenvalue weighted by molar-refractivity contribution is 8.18. The van der Waals surface area contributed by atoms with Gasteiger partial charge in [-0.1, -0.05) is 30.3 Å². The lowest BCUT2D eigenvalue weighted by molar-refractivity contribution is -0.129. The lowest BCUT2D eigenvalue weighted by Crippen LogP contribution is -2.21. The van der Waals surface area contributed by atoms with Crippen molar-refractivity contribution in [3.63, 3.8) is 0 Å². The first-order valence-electron chi connectivity index (χ1n) is 9.14. The third-order valence-electron chi connectivity index (χ3n) is 4.36. The average molecular weight is 433 g/mol. The van der Waals surface area contributed by atoms with Crippen LogP contribution in [0.15, 0.2) is 76.3 Å². The number of carbonyl (C=O) groups is 4. The molecule has 1 fully saturated rings. The number of hydrogen-bond donors (Lipinski definition) is 1. The summed E-state index contributed by atoms with van der Waals surface area (Å²) in [6.07, 6.45) is 2.68. The van der Waals surface area contributed by atoms with Crippen molar-refractivity contribution in [2.24, 2.45) is 5.10 Å². The SMILES string of the molecule is CC1=NN(c2ccccc2)C(=O)/C1=C\c1ccc(OC(=O)/C=C2\SC(=O)NC2=O)cc1. The summed E-state index contributed by atoms with van der Waals surface area (Å²) >= 11 is 0.637. The Bertz CT molecular complexity index is 1180. The fourth-order valence-corrected chi connectivity index (χ4v) is 3.54. The van der Waals surface area contributed by atoms with Gasteiger partial charge in [0.15, 0.2) is 0 Å². The summed E-state index contributed by atoms with van der Waals surface area (Å²) in [6.45, 7) is 1.76. The highest BCUT2D eigenvalue weighted by Gasteiger charge is 2.28. The zero-order chi connectivity index (χ0) is 22.0. The van der Waals surface area contributed by atoms with Crippen LogP contribution in [0.1, 0.15) is 12.5 Å². The highest BCUT2D eigenvalue weighted by atomic mass is 32.2. The summed E-state index contributed by atoms with van der Waals surface area (Å²) in [7, 11) is 0. The zero-order valence-electron chi connectivity index (χ0n) is 16.2. The normalized spacial score (nSPS) is 18.5. The van der Waals surface area contributed by atoms with Crippen LogP contribution in [-0.4, -0.2) is 28.7 Å². The zero-order valence-corrected chi connectivity index (χ0v) is 17.0. The second-order valence-electron chi connectivity index (χ2n) is 6.54. The van der Waals surface area contributed by atoms with Crippen molar-refractivity contribution in [2.45, 2.75) is 6.92 Å². The molecular formula is C22H15N3O5S. The Morgan fingerprint density at radius 3 is 2.42 bits per heavy atom. The number of nitrogens with zero attached hydrogens (tertiary/aromatic N) is 2. The molecule has 2 heterocycles. The molecule has 0 saturated carbocycles. The lowest BCUT2D eigenvalue weighted by atomic mass is 10.1. The first-order valence-corrected chi connectivity index (χ1v) is 9.96. The standard InChI is InChI=1S/C22H15N3O5S/c1-13-17(21(28)25(24-13)15-5-3-2-4-6-15)11-14-7-9-16(10-8-14)30-19(26)12-18-20(27)23-22(29)31-18/h2-12H,1H3,(H,23,27,29)/b17-11-,18-12-. The number of ether oxygens (including phenoxy) is 1. The minimum absolute atomic E-state index is 0.0196. The molecule has 8 nitrogen and oxygen atoms in total. The van der Waals surface area contributed by atoms with Crippen molar-refractivity contribution in [3.8, 4) is 5.75 Å². The fourth-order valence-electron chi connectivity index (χ4n) is 2.90. The Kier molecular flexibility index (Phi) is 5.50. The van der Waals surface area contributed by atoms with E-state index in [-0.39, 0.29) is 16.6 Å². The van der Waals surface area contributed by atoms with Gasteiger partial charge in [0.2, 0.25) is 0 Å². The summed E-state index contributed by atoms with van der Waals surface area (Å²) in [5, 5.41) is 7.21. The predicted molar refractivity (Wildman–Crippen MR) is 116 cm³/mol. The number of para-hydroxylation sites is 1. The summed E-state index contributed by atoms with van der Waals surface area (Å²) in [5.74, 6) is -1.37. The summed E-state index contributed by atoms with van der Waals surface area (Å²) in [5.41, 5.74) is 2.47. The molecule has 1 N–H and O–H groups in total. The third-order valence-corrected chi connectivity index (χ3v) is 5.17. The van der Waals surface area contributed by atoms with E-state index in [1.807, 2.05) is 18.2 Å². The molecule has 2 aliphatic heterocycles. The van der Waals surface area contributed by atoms with Gasteiger partial charge in [0, 0.05) is 6.08 Å². The molecule has 0 radical (unpaired) electrons. The number of hydrazone groups is 1. The number of rotatable bonds is 4. The van der Waals surface area contributed by atoms with Crippen LogP contribution in [0.3, 0.4) is 0 Å². The molecule has 0 unspecified atom stereocenters. The minimum atomic E-state index is -0.772. The molecule has 4 rings (SSSR count). The number of thioether (sulfide) groups is 1. The van der Waals surface area contributed by atoms with Gasteiger partial charge in [-0.05, 0) is 54.6 Å². The third kappa shape index (κ3) is 4.46. The lowest BCUT2D eigenvalue weighted by Gasteiger charge is -2.11.